The largest absolute Gasteiger partial charge is 0.398 e. The van der Waals surface area contributed by atoms with Crippen LogP contribution < -0.4 is 11.1 Å². The van der Waals surface area contributed by atoms with Gasteiger partial charge in [-0.15, -0.1) is 11.3 Å². The fourth-order valence-corrected chi connectivity index (χ4v) is 1.99. The number of hydrogen-bond acceptors (Lipinski definition) is 4. The van der Waals surface area contributed by atoms with Crippen molar-refractivity contribution in [2.75, 3.05) is 12.3 Å². The molecule has 0 saturated heterocycles. The predicted molar refractivity (Wildman–Crippen MR) is 62.1 cm³/mol. The molecule has 0 aromatic carbocycles. The summed E-state index contributed by atoms with van der Waals surface area (Å²) in [5.74, 6) is -0.166. The molecule has 84 valence electrons. The Kier molecular flexibility index (Phi) is 4.11. The van der Waals surface area contributed by atoms with Crippen LogP contribution in [0.15, 0.2) is 6.07 Å². The van der Waals surface area contributed by atoms with E-state index in [0.29, 0.717) is 17.0 Å². The number of nitrogen functional groups attached to an aromatic ring is 1. The van der Waals surface area contributed by atoms with Gasteiger partial charge >= 0.3 is 0 Å². The lowest BCUT2D eigenvalue weighted by atomic mass is 10.2. The Morgan fingerprint density at radius 2 is 2.40 bits per heavy atom. The number of aliphatic hydroxyl groups is 1. The molecule has 5 heteroatoms. The van der Waals surface area contributed by atoms with Crippen LogP contribution in [0.4, 0.5) is 5.69 Å². The minimum Gasteiger partial charge on any atom is -0.398 e. The number of nitrogens with two attached hydrogens (primary N) is 1. The lowest BCUT2D eigenvalue weighted by molar-refractivity contribution is 0.0919. The van der Waals surface area contributed by atoms with Gasteiger partial charge in [-0.05, 0) is 19.4 Å². The molecule has 4 N–H and O–H groups in total. The monoisotopic (exact) mass is 228 g/mol. The minimum absolute atomic E-state index is 0.0396. The van der Waals surface area contributed by atoms with Crippen molar-refractivity contribution in [2.24, 2.45) is 0 Å². The zero-order valence-corrected chi connectivity index (χ0v) is 9.73. The van der Waals surface area contributed by atoms with Gasteiger partial charge in [-0.3, -0.25) is 4.79 Å². The molecule has 1 rings (SSSR count). The highest BCUT2D eigenvalue weighted by Gasteiger charge is 2.14. The molecule has 0 aliphatic heterocycles. The number of thiophene rings is 1. The predicted octanol–water partition coefficient (Wildman–Crippen LogP) is 1.14. The molecule has 0 aliphatic carbocycles. The molecule has 15 heavy (non-hydrogen) atoms. The number of rotatable bonds is 4. The van der Waals surface area contributed by atoms with Gasteiger partial charge in [0.2, 0.25) is 0 Å². The Labute approximate surface area is 93.1 Å². The second-order valence-electron chi connectivity index (χ2n) is 3.38. The highest BCUT2D eigenvalue weighted by Crippen LogP contribution is 2.23. The maximum absolute atomic E-state index is 11.7. The third-order valence-corrected chi connectivity index (χ3v) is 3.29. The van der Waals surface area contributed by atoms with Crippen LogP contribution in [-0.2, 0) is 0 Å². The fraction of sp³-hybridized carbons (Fsp3) is 0.500. The van der Waals surface area contributed by atoms with Crippen molar-refractivity contribution in [2.45, 2.75) is 26.3 Å². The second kappa shape index (κ2) is 5.14. The van der Waals surface area contributed by atoms with Gasteiger partial charge in [0, 0.05) is 10.6 Å². The van der Waals surface area contributed by atoms with Crippen molar-refractivity contribution in [1.82, 2.24) is 5.32 Å². The summed E-state index contributed by atoms with van der Waals surface area (Å²) in [6.45, 7) is 3.75. The average molecular weight is 228 g/mol. The smallest absolute Gasteiger partial charge is 0.261 e. The normalized spacial score (nSPS) is 12.5. The lowest BCUT2D eigenvalue weighted by Gasteiger charge is -2.12. The fourth-order valence-electron chi connectivity index (χ4n) is 1.14. The molecule has 0 bridgehead atoms. The molecule has 0 unspecified atom stereocenters. The highest BCUT2D eigenvalue weighted by molar-refractivity contribution is 7.14. The van der Waals surface area contributed by atoms with Gasteiger partial charge in [-0.2, -0.15) is 0 Å². The third-order valence-electron chi connectivity index (χ3n) is 2.23. The summed E-state index contributed by atoms with van der Waals surface area (Å²) in [6.07, 6.45) is 0.710. The highest BCUT2D eigenvalue weighted by atomic mass is 32.1. The number of amides is 1. The van der Waals surface area contributed by atoms with Crippen molar-refractivity contribution in [3.63, 3.8) is 0 Å². The molecule has 0 radical (unpaired) electrons. The van der Waals surface area contributed by atoms with E-state index in [9.17, 15) is 4.79 Å². The molecule has 0 spiro atoms. The van der Waals surface area contributed by atoms with E-state index in [-0.39, 0.29) is 18.6 Å². The van der Waals surface area contributed by atoms with Gasteiger partial charge in [0.25, 0.3) is 5.91 Å². The van der Waals surface area contributed by atoms with Crippen molar-refractivity contribution in [3.05, 3.63) is 15.8 Å². The van der Waals surface area contributed by atoms with E-state index in [0.717, 1.165) is 4.88 Å². The van der Waals surface area contributed by atoms with Crippen LogP contribution in [0.25, 0.3) is 0 Å². The van der Waals surface area contributed by atoms with E-state index >= 15 is 0 Å². The summed E-state index contributed by atoms with van der Waals surface area (Å²) in [5, 5.41) is 11.7. The van der Waals surface area contributed by atoms with Crippen LogP contribution in [0.5, 0.6) is 0 Å². The van der Waals surface area contributed by atoms with Gasteiger partial charge in [0.1, 0.15) is 0 Å². The molecule has 1 aromatic heterocycles. The van der Waals surface area contributed by atoms with Crippen LogP contribution in [0, 0.1) is 6.92 Å². The van der Waals surface area contributed by atoms with Crippen molar-refractivity contribution >= 4 is 22.9 Å². The topological polar surface area (TPSA) is 75.3 Å². The Morgan fingerprint density at radius 3 is 2.80 bits per heavy atom. The number of anilines is 1. The van der Waals surface area contributed by atoms with Crippen LogP contribution >= 0.6 is 11.3 Å². The van der Waals surface area contributed by atoms with E-state index < -0.39 is 0 Å². The lowest BCUT2D eigenvalue weighted by Crippen LogP contribution is -2.36. The number of carbonyl (C=O) groups is 1. The molecule has 0 aliphatic rings. The summed E-state index contributed by atoms with van der Waals surface area (Å²) in [4.78, 5) is 13.2. The van der Waals surface area contributed by atoms with Crippen LogP contribution in [-0.4, -0.2) is 23.7 Å². The third kappa shape index (κ3) is 2.94. The molecular formula is C10H16N2O2S. The Hall–Kier alpha value is -1.07. The van der Waals surface area contributed by atoms with E-state index in [1.54, 1.807) is 6.07 Å². The molecule has 1 aromatic rings. The Morgan fingerprint density at radius 1 is 1.73 bits per heavy atom. The molecular weight excluding hydrogens is 212 g/mol. The zero-order valence-electron chi connectivity index (χ0n) is 8.91. The molecule has 1 atom stereocenters. The summed E-state index contributed by atoms with van der Waals surface area (Å²) in [6, 6.07) is 1.49. The first-order valence-corrected chi connectivity index (χ1v) is 5.67. The number of aliphatic hydroxyl groups excluding tert-OH is 1. The van der Waals surface area contributed by atoms with Gasteiger partial charge in [-0.1, -0.05) is 6.92 Å². The maximum atomic E-state index is 11.7. The Bertz CT molecular complexity index is 326. The number of nitrogens with one attached hydrogen (secondary N) is 1. The quantitative estimate of drug-likeness (QED) is 0.723. The second-order valence-corrected chi connectivity index (χ2v) is 4.64. The number of carbonyl (C=O) groups excluding carboxylic acids is 1. The van der Waals surface area contributed by atoms with Gasteiger partial charge in [-0.25, -0.2) is 0 Å². The van der Waals surface area contributed by atoms with Crippen LogP contribution in [0.3, 0.4) is 0 Å². The van der Waals surface area contributed by atoms with Gasteiger partial charge in [0.05, 0.1) is 17.5 Å². The molecule has 0 fully saturated rings. The van der Waals surface area contributed by atoms with E-state index in [4.69, 9.17) is 10.8 Å². The first-order chi connectivity index (χ1) is 7.08. The van der Waals surface area contributed by atoms with Crippen LogP contribution in [0.1, 0.15) is 27.9 Å². The molecule has 0 saturated carbocycles. The van der Waals surface area contributed by atoms with Gasteiger partial charge < -0.3 is 16.2 Å². The van der Waals surface area contributed by atoms with E-state index in [1.165, 1.54) is 11.3 Å². The number of hydrogen-bond donors (Lipinski definition) is 3. The van der Waals surface area contributed by atoms with E-state index in [2.05, 4.69) is 5.32 Å². The first-order valence-electron chi connectivity index (χ1n) is 4.86. The molecule has 1 heterocycles. The van der Waals surface area contributed by atoms with Gasteiger partial charge in [0.15, 0.2) is 0 Å². The van der Waals surface area contributed by atoms with Crippen LogP contribution in [0.2, 0.25) is 0 Å². The number of aryl methyl sites for hydroxylation is 1. The summed E-state index contributed by atoms with van der Waals surface area (Å²) < 4.78 is 0. The molecule has 4 nitrogen and oxygen atoms in total. The summed E-state index contributed by atoms with van der Waals surface area (Å²) in [7, 11) is 0. The standard InChI is InChI=1S/C10H16N2O2S/c1-3-7(5-13)12-10(14)9-4-8(11)6(2)15-9/h4,7,13H,3,5,11H2,1-2H3,(H,12,14)/t7-/m1/s1. The SMILES string of the molecule is CC[C@H](CO)NC(=O)c1cc(N)c(C)s1. The van der Waals surface area contributed by atoms with Crippen molar-refractivity contribution in [1.29, 1.82) is 0 Å². The summed E-state index contributed by atoms with van der Waals surface area (Å²) >= 11 is 1.37. The summed E-state index contributed by atoms with van der Waals surface area (Å²) in [5.41, 5.74) is 6.30. The molecule has 1 amide bonds. The first kappa shape index (κ1) is 12.0. The minimum atomic E-state index is -0.180. The van der Waals surface area contributed by atoms with Crippen molar-refractivity contribution in [3.8, 4) is 0 Å². The van der Waals surface area contributed by atoms with E-state index in [1.807, 2.05) is 13.8 Å². The Balaban J connectivity index is 2.68. The zero-order chi connectivity index (χ0) is 11.4. The maximum Gasteiger partial charge on any atom is 0.261 e. The average Bonchev–Trinajstić information content (AvgIpc) is 2.55. The van der Waals surface area contributed by atoms with Crippen molar-refractivity contribution < 1.29 is 9.90 Å².